The molecule has 3 rings (SSSR count). The van der Waals surface area contributed by atoms with Crippen LogP contribution in [-0.4, -0.2) is 31.2 Å². The first-order valence-corrected chi connectivity index (χ1v) is 6.74. The lowest BCUT2D eigenvalue weighted by atomic mass is 10.1. The summed E-state index contributed by atoms with van der Waals surface area (Å²) in [5.74, 6) is 0. The average molecular weight is 241 g/mol. The predicted octanol–water partition coefficient (Wildman–Crippen LogP) is 2.42. The zero-order chi connectivity index (χ0) is 12.2. The minimum Gasteiger partial charge on any atom is -0.371 e. The monoisotopic (exact) mass is 241 g/mol. The molecule has 0 atom stereocenters. The third kappa shape index (κ3) is 2.31. The van der Waals surface area contributed by atoms with E-state index in [-0.39, 0.29) is 0 Å². The van der Waals surface area contributed by atoms with E-state index in [0.717, 1.165) is 31.7 Å². The van der Waals surface area contributed by atoms with Crippen LogP contribution in [0, 0.1) is 0 Å². The van der Waals surface area contributed by atoms with Gasteiger partial charge in [0.05, 0.1) is 5.52 Å². The van der Waals surface area contributed by atoms with Crippen molar-refractivity contribution in [2.75, 3.05) is 31.1 Å². The fraction of sp³-hybridized carbons (Fsp3) is 0.400. The number of pyridine rings is 1. The highest BCUT2D eigenvalue weighted by Crippen LogP contribution is 2.25. The quantitative estimate of drug-likeness (QED) is 0.831. The van der Waals surface area contributed by atoms with Crippen LogP contribution in [0.1, 0.15) is 12.8 Å². The van der Waals surface area contributed by atoms with E-state index in [9.17, 15) is 0 Å². The van der Waals surface area contributed by atoms with Crippen molar-refractivity contribution in [2.24, 2.45) is 0 Å². The molecule has 1 fully saturated rings. The zero-order valence-electron chi connectivity index (χ0n) is 10.6. The molecule has 0 saturated carbocycles. The van der Waals surface area contributed by atoms with Gasteiger partial charge in [-0.1, -0.05) is 6.07 Å². The van der Waals surface area contributed by atoms with Crippen molar-refractivity contribution in [3.8, 4) is 0 Å². The Morgan fingerprint density at radius 3 is 2.67 bits per heavy atom. The number of hydrogen-bond acceptors (Lipinski definition) is 3. The van der Waals surface area contributed by atoms with Gasteiger partial charge in [0, 0.05) is 30.4 Å². The van der Waals surface area contributed by atoms with Crippen LogP contribution < -0.4 is 10.2 Å². The molecule has 2 heterocycles. The molecule has 1 saturated heterocycles. The van der Waals surface area contributed by atoms with Gasteiger partial charge in [0.2, 0.25) is 0 Å². The summed E-state index contributed by atoms with van der Waals surface area (Å²) < 4.78 is 0. The Labute approximate surface area is 108 Å². The lowest BCUT2D eigenvalue weighted by molar-refractivity contribution is 0.568. The Kier molecular flexibility index (Phi) is 3.42. The molecule has 0 aliphatic carbocycles. The summed E-state index contributed by atoms with van der Waals surface area (Å²) >= 11 is 0. The van der Waals surface area contributed by atoms with Gasteiger partial charge in [-0.15, -0.1) is 0 Å². The van der Waals surface area contributed by atoms with Crippen LogP contribution in [0.2, 0.25) is 0 Å². The lowest BCUT2D eigenvalue weighted by Crippen LogP contribution is -2.34. The number of hydrogen-bond donors (Lipinski definition) is 1. The SMILES string of the molecule is c1cc(N2CCCNCCC2)c2cccnc2c1. The number of anilines is 1. The number of nitrogens with one attached hydrogen (secondary N) is 1. The number of aromatic nitrogens is 1. The van der Waals surface area contributed by atoms with E-state index in [1.165, 1.54) is 23.9 Å². The maximum atomic E-state index is 4.44. The molecule has 1 aliphatic rings. The molecule has 1 aliphatic heterocycles. The molecular weight excluding hydrogens is 222 g/mol. The van der Waals surface area contributed by atoms with Crippen LogP contribution in [0.4, 0.5) is 5.69 Å². The van der Waals surface area contributed by atoms with E-state index in [4.69, 9.17) is 0 Å². The maximum absolute atomic E-state index is 4.44. The van der Waals surface area contributed by atoms with Crippen molar-refractivity contribution in [2.45, 2.75) is 12.8 Å². The van der Waals surface area contributed by atoms with Crippen LogP contribution in [-0.2, 0) is 0 Å². The van der Waals surface area contributed by atoms with Crippen molar-refractivity contribution in [3.05, 3.63) is 36.5 Å². The van der Waals surface area contributed by atoms with Gasteiger partial charge in [-0.25, -0.2) is 0 Å². The summed E-state index contributed by atoms with van der Waals surface area (Å²) in [6, 6.07) is 10.6. The third-order valence-corrected chi connectivity index (χ3v) is 3.53. The first-order chi connectivity index (χ1) is 8.95. The van der Waals surface area contributed by atoms with Crippen molar-refractivity contribution >= 4 is 16.6 Å². The molecule has 0 radical (unpaired) electrons. The molecule has 2 aromatic rings. The number of fused-ring (bicyclic) bond motifs is 1. The molecular formula is C15H19N3. The highest BCUT2D eigenvalue weighted by molar-refractivity contribution is 5.91. The fourth-order valence-electron chi connectivity index (χ4n) is 2.63. The lowest BCUT2D eigenvalue weighted by Gasteiger charge is -2.28. The van der Waals surface area contributed by atoms with E-state index in [2.05, 4.69) is 39.5 Å². The van der Waals surface area contributed by atoms with Crippen LogP contribution >= 0.6 is 0 Å². The molecule has 18 heavy (non-hydrogen) atoms. The van der Waals surface area contributed by atoms with Crippen molar-refractivity contribution in [1.29, 1.82) is 0 Å². The minimum atomic E-state index is 1.09. The van der Waals surface area contributed by atoms with E-state index in [1.54, 1.807) is 0 Å². The summed E-state index contributed by atoms with van der Waals surface area (Å²) in [5.41, 5.74) is 2.43. The Morgan fingerprint density at radius 1 is 1.00 bits per heavy atom. The van der Waals surface area contributed by atoms with Gasteiger partial charge in [0.15, 0.2) is 0 Å². The van der Waals surface area contributed by atoms with Gasteiger partial charge in [0.1, 0.15) is 0 Å². The van der Waals surface area contributed by atoms with Gasteiger partial charge in [-0.3, -0.25) is 4.98 Å². The highest BCUT2D eigenvalue weighted by Gasteiger charge is 2.11. The molecule has 0 bridgehead atoms. The Balaban J connectivity index is 1.96. The van der Waals surface area contributed by atoms with E-state index in [1.807, 2.05) is 12.3 Å². The van der Waals surface area contributed by atoms with Crippen molar-refractivity contribution in [3.63, 3.8) is 0 Å². The first-order valence-electron chi connectivity index (χ1n) is 6.74. The molecule has 0 spiro atoms. The van der Waals surface area contributed by atoms with Crippen LogP contribution in [0.3, 0.4) is 0 Å². The zero-order valence-corrected chi connectivity index (χ0v) is 10.6. The van der Waals surface area contributed by atoms with E-state index >= 15 is 0 Å². The average Bonchev–Trinajstić information content (AvgIpc) is 2.38. The van der Waals surface area contributed by atoms with Gasteiger partial charge in [-0.05, 0) is 50.2 Å². The molecule has 1 aromatic carbocycles. The molecule has 1 aromatic heterocycles. The first kappa shape index (κ1) is 11.5. The topological polar surface area (TPSA) is 28.2 Å². The van der Waals surface area contributed by atoms with Gasteiger partial charge in [-0.2, -0.15) is 0 Å². The highest BCUT2D eigenvalue weighted by atomic mass is 15.1. The van der Waals surface area contributed by atoms with Gasteiger partial charge < -0.3 is 10.2 Å². The van der Waals surface area contributed by atoms with Crippen LogP contribution in [0.25, 0.3) is 10.9 Å². The van der Waals surface area contributed by atoms with E-state index in [0.29, 0.717) is 0 Å². The second kappa shape index (κ2) is 5.36. The summed E-state index contributed by atoms with van der Waals surface area (Å²) in [6.07, 6.45) is 4.27. The number of rotatable bonds is 1. The standard InChI is InChI=1S/C15H19N3/c1-6-14-13(5-2-10-17-14)15(7-1)18-11-3-8-16-9-4-12-18/h1-2,5-7,10,16H,3-4,8-9,11-12H2. The molecule has 0 unspecified atom stereocenters. The molecule has 3 heteroatoms. The van der Waals surface area contributed by atoms with Crippen LogP contribution in [0.5, 0.6) is 0 Å². The predicted molar refractivity (Wildman–Crippen MR) is 76.1 cm³/mol. The maximum Gasteiger partial charge on any atom is 0.0722 e. The molecule has 94 valence electrons. The molecule has 3 nitrogen and oxygen atoms in total. The summed E-state index contributed by atoms with van der Waals surface area (Å²) in [7, 11) is 0. The van der Waals surface area contributed by atoms with E-state index < -0.39 is 0 Å². The number of benzene rings is 1. The van der Waals surface area contributed by atoms with Gasteiger partial charge in [0.25, 0.3) is 0 Å². The Morgan fingerprint density at radius 2 is 1.83 bits per heavy atom. The summed E-state index contributed by atoms with van der Waals surface area (Å²) in [6.45, 7) is 4.50. The molecule has 1 N–H and O–H groups in total. The normalized spacial score (nSPS) is 17.4. The van der Waals surface area contributed by atoms with Crippen molar-refractivity contribution in [1.82, 2.24) is 10.3 Å². The smallest absolute Gasteiger partial charge is 0.0722 e. The fourth-order valence-corrected chi connectivity index (χ4v) is 2.63. The van der Waals surface area contributed by atoms with Crippen LogP contribution in [0.15, 0.2) is 36.5 Å². The second-order valence-corrected chi connectivity index (χ2v) is 4.79. The van der Waals surface area contributed by atoms with Gasteiger partial charge >= 0.3 is 0 Å². The Bertz CT molecular complexity index is 511. The Hall–Kier alpha value is -1.61. The molecule has 0 amide bonds. The summed E-state index contributed by atoms with van der Waals surface area (Å²) in [5, 5.41) is 4.73. The van der Waals surface area contributed by atoms with Crippen molar-refractivity contribution < 1.29 is 0 Å². The summed E-state index contributed by atoms with van der Waals surface area (Å²) in [4.78, 5) is 6.94. The third-order valence-electron chi connectivity index (χ3n) is 3.53. The largest absolute Gasteiger partial charge is 0.371 e. The number of nitrogens with zero attached hydrogens (tertiary/aromatic N) is 2. The minimum absolute atomic E-state index is 1.09. The second-order valence-electron chi connectivity index (χ2n) is 4.79.